The van der Waals surface area contributed by atoms with Crippen LogP contribution in [0.1, 0.15) is 5.56 Å². The average molecular weight is 360 g/mol. The largest absolute Gasteiger partial charge is 0.487 e. The van der Waals surface area contributed by atoms with Gasteiger partial charge in [-0.05, 0) is 29.8 Å². The minimum absolute atomic E-state index is 0.152. The summed E-state index contributed by atoms with van der Waals surface area (Å²) in [6.07, 6.45) is 4.15. The maximum absolute atomic E-state index is 13.6. The van der Waals surface area contributed by atoms with E-state index in [4.69, 9.17) is 4.74 Å². The molecule has 0 spiro atoms. The third kappa shape index (κ3) is 5.30. The Morgan fingerprint density at radius 3 is 2.54 bits per heavy atom. The molecule has 0 unspecified atom stereocenters. The number of halogens is 1. The van der Waals surface area contributed by atoms with Crippen LogP contribution in [0, 0.1) is 5.82 Å². The van der Waals surface area contributed by atoms with E-state index in [9.17, 15) is 14.0 Å². The monoisotopic (exact) mass is 360 g/mol. The molecule has 0 aliphatic heterocycles. The van der Waals surface area contributed by atoms with E-state index in [1.165, 1.54) is 19.2 Å². The van der Waals surface area contributed by atoms with Crippen molar-refractivity contribution in [2.45, 2.75) is 6.61 Å². The molecule has 0 aliphatic rings. The fraction of sp³-hybridized carbons (Fsp3) is 0.167. The Morgan fingerprint density at radius 1 is 1.15 bits per heavy atom. The number of aromatic nitrogens is 1. The first-order valence-corrected chi connectivity index (χ1v) is 7.49. The number of esters is 2. The summed E-state index contributed by atoms with van der Waals surface area (Å²) in [5.74, 6) is -1.86. The van der Waals surface area contributed by atoms with Crippen LogP contribution in [0.4, 0.5) is 10.1 Å². The molecule has 1 aromatic heterocycles. The molecule has 0 atom stereocenters. The highest BCUT2D eigenvalue weighted by molar-refractivity contribution is 5.99. The van der Waals surface area contributed by atoms with Crippen LogP contribution in [0.2, 0.25) is 0 Å². The number of carbonyl (C=O) groups excluding carboxylic acids is 2. The van der Waals surface area contributed by atoms with E-state index in [1.807, 2.05) is 0 Å². The van der Waals surface area contributed by atoms with Crippen LogP contribution >= 0.6 is 0 Å². The third-order valence-electron chi connectivity index (χ3n) is 3.22. The van der Waals surface area contributed by atoms with Gasteiger partial charge < -0.3 is 19.5 Å². The van der Waals surface area contributed by atoms with Crippen molar-refractivity contribution < 1.29 is 28.2 Å². The summed E-state index contributed by atoms with van der Waals surface area (Å²) in [7, 11) is 2.32. The van der Waals surface area contributed by atoms with Gasteiger partial charge in [0.25, 0.3) is 0 Å². The van der Waals surface area contributed by atoms with Crippen LogP contribution in [-0.4, -0.2) is 31.1 Å². The average Bonchev–Trinajstić information content (AvgIpc) is 2.66. The van der Waals surface area contributed by atoms with Gasteiger partial charge in [0, 0.05) is 18.5 Å². The molecule has 0 amide bonds. The van der Waals surface area contributed by atoms with Crippen molar-refractivity contribution >= 4 is 17.6 Å². The molecule has 0 radical (unpaired) electrons. The topological polar surface area (TPSA) is 86.8 Å². The lowest BCUT2D eigenvalue weighted by Gasteiger charge is -2.14. The van der Waals surface area contributed by atoms with E-state index in [0.717, 1.165) is 24.8 Å². The Bertz CT molecular complexity index is 808. The number of nitrogens with one attached hydrogen (secondary N) is 1. The zero-order chi connectivity index (χ0) is 18.9. The number of nitrogens with zero attached hydrogens (tertiary/aromatic N) is 1. The summed E-state index contributed by atoms with van der Waals surface area (Å²) in [5, 5.41) is 2.65. The van der Waals surface area contributed by atoms with Gasteiger partial charge in [-0.1, -0.05) is 0 Å². The quantitative estimate of drug-likeness (QED) is 0.599. The Balaban J connectivity index is 2.26. The SMILES string of the molecule is COC(=O)/C=C(/Nc1cc(F)ccc1OCc1ccncc1)C(=O)OC. The number of ether oxygens (including phenoxy) is 3. The maximum Gasteiger partial charge on any atom is 0.354 e. The van der Waals surface area contributed by atoms with Gasteiger partial charge in [0.05, 0.1) is 26.0 Å². The van der Waals surface area contributed by atoms with Crippen molar-refractivity contribution in [1.82, 2.24) is 4.98 Å². The van der Waals surface area contributed by atoms with Crippen molar-refractivity contribution in [3.05, 3.63) is 65.9 Å². The lowest BCUT2D eigenvalue weighted by molar-refractivity contribution is -0.138. The molecule has 8 heteroatoms. The fourth-order valence-electron chi connectivity index (χ4n) is 1.94. The van der Waals surface area contributed by atoms with E-state index >= 15 is 0 Å². The van der Waals surface area contributed by atoms with E-state index in [-0.39, 0.29) is 23.7 Å². The predicted molar refractivity (Wildman–Crippen MR) is 90.7 cm³/mol. The second-order valence-corrected chi connectivity index (χ2v) is 4.98. The standard InChI is InChI=1S/C18H17FN2O5/c1-24-17(22)10-15(18(23)25-2)21-14-9-13(19)3-4-16(14)26-11-12-5-7-20-8-6-12/h3-10,21H,11H2,1-2H3/b15-10+. The Labute approximate surface area is 149 Å². The molecule has 26 heavy (non-hydrogen) atoms. The first-order valence-electron chi connectivity index (χ1n) is 7.49. The molecular formula is C18H17FN2O5. The normalized spacial score (nSPS) is 10.8. The van der Waals surface area contributed by atoms with Crippen molar-refractivity contribution in [1.29, 1.82) is 0 Å². The summed E-state index contributed by atoms with van der Waals surface area (Å²) in [5.41, 5.74) is 0.784. The van der Waals surface area contributed by atoms with Gasteiger partial charge in [-0.25, -0.2) is 14.0 Å². The molecular weight excluding hydrogens is 343 g/mol. The number of hydrogen-bond acceptors (Lipinski definition) is 7. The van der Waals surface area contributed by atoms with Gasteiger partial charge in [-0.2, -0.15) is 0 Å². The summed E-state index contributed by atoms with van der Waals surface area (Å²) >= 11 is 0. The third-order valence-corrected chi connectivity index (χ3v) is 3.22. The maximum atomic E-state index is 13.6. The van der Waals surface area contributed by atoms with Crippen LogP contribution in [-0.2, 0) is 25.7 Å². The van der Waals surface area contributed by atoms with Gasteiger partial charge in [-0.3, -0.25) is 4.98 Å². The molecule has 1 N–H and O–H groups in total. The van der Waals surface area contributed by atoms with Crippen molar-refractivity contribution in [2.24, 2.45) is 0 Å². The van der Waals surface area contributed by atoms with Gasteiger partial charge in [0.1, 0.15) is 23.9 Å². The number of pyridine rings is 1. The molecule has 0 aliphatic carbocycles. The highest BCUT2D eigenvalue weighted by Crippen LogP contribution is 2.27. The van der Waals surface area contributed by atoms with Gasteiger partial charge in [0.2, 0.25) is 0 Å². The molecule has 2 aromatic rings. The van der Waals surface area contributed by atoms with Crippen molar-refractivity contribution in [3.63, 3.8) is 0 Å². The number of benzene rings is 1. The van der Waals surface area contributed by atoms with Crippen LogP contribution in [0.5, 0.6) is 5.75 Å². The molecule has 1 aromatic carbocycles. The summed E-state index contributed by atoms with van der Waals surface area (Å²) in [6, 6.07) is 7.30. The minimum atomic E-state index is -0.820. The van der Waals surface area contributed by atoms with Gasteiger partial charge >= 0.3 is 11.9 Å². The van der Waals surface area contributed by atoms with Gasteiger partial charge in [0.15, 0.2) is 0 Å². The first-order chi connectivity index (χ1) is 12.5. The first kappa shape index (κ1) is 18.9. The number of anilines is 1. The van der Waals surface area contributed by atoms with E-state index in [1.54, 1.807) is 24.5 Å². The Morgan fingerprint density at radius 2 is 1.88 bits per heavy atom. The number of rotatable bonds is 7. The second kappa shape index (κ2) is 9.16. The number of hydrogen-bond donors (Lipinski definition) is 1. The number of carbonyl (C=O) groups is 2. The van der Waals surface area contributed by atoms with Crippen molar-refractivity contribution in [2.75, 3.05) is 19.5 Å². The highest BCUT2D eigenvalue weighted by atomic mass is 19.1. The summed E-state index contributed by atoms with van der Waals surface area (Å²) in [6.45, 7) is 0.205. The van der Waals surface area contributed by atoms with Crippen molar-refractivity contribution in [3.8, 4) is 5.75 Å². The lowest BCUT2D eigenvalue weighted by atomic mass is 10.2. The zero-order valence-corrected chi connectivity index (χ0v) is 14.2. The predicted octanol–water partition coefficient (Wildman–Crippen LogP) is 2.44. The van der Waals surface area contributed by atoms with E-state index in [0.29, 0.717) is 0 Å². The zero-order valence-electron chi connectivity index (χ0n) is 14.2. The summed E-state index contributed by atoms with van der Waals surface area (Å²) in [4.78, 5) is 27.2. The van der Waals surface area contributed by atoms with E-state index in [2.05, 4.69) is 19.8 Å². The van der Waals surface area contributed by atoms with Crippen LogP contribution in [0.3, 0.4) is 0 Å². The molecule has 0 saturated heterocycles. The second-order valence-electron chi connectivity index (χ2n) is 4.98. The van der Waals surface area contributed by atoms with Gasteiger partial charge in [-0.15, -0.1) is 0 Å². The molecule has 0 saturated carbocycles. The molecule has 2 rings (SSSR count). The fourth-order valence-corrected chi connectivity index (χ4v) is 1.94. The minimum Gasteiger partial charge on any atom is -0.487 e. The molecule has 0 fully saturated rings. The van der Waals surface area contributed by atoms with Crippen LogP contribution in [0.15, 0.2) is 54.5 Å². The smallest absolute Gasteiger partial charge is 0.354 e. The Hall–Kier alpha value is -3.42. The molecule has 7 nitrogen and oxygen atoms in total. The lowest BCUT2D eigenvalue weighted by Crippen LogP contribution is -2.16. The summed E-state index contributed by atoms with van der Waals surface area (Å²) < 4.78 is 28.4. The number of methoxy groups -OCH3 is 2. The molecule has 0 bridgehead atoms. The van der Waals surface area contributed by atoms with Crippen LogP contribution in [0.25, 0.3) is 0 Å². The van der Waals surface area contributed by atoms with E-state index < -0.39 is 17.8 Å². The Kier molecular flexibility index (Phi) is 6.67. The van der Waals surface area contributed by atoms with Crippen LogP contribution < -0.4 is 10.1 Å². The highest BCUT2D eigenvalue weighted by Gasteiger charge is 2.16. The molecule has 136 valence electrons. The molecule has 1 heterocycles.